The highest BCUT2D eigenvalue weighted by molar-refractivity contribution is 9.11. The standard InChI is InChI=1S/C26H19Br2FN2O4S/c1-14-17(25(33)34)7-5-9-21(14)30-26-31(2)24(32)22(36-26)12-15-10-18(27)23(19(28)11-15)35-13-16-6-3-4-8-20(16)29/h3-12H,13H2,1-2H3,(H,33,34)/b22-12-,30-26?. The van der Waals surface area contributed by atoms with Gasteiger partial charge in [0.25, 0.3) is 5.91 Å². The molecular formula is C26H19Br2FN2O4S. The minimum atomic E-state index is -1.03. The number of carbonyl (C=O) groups is 2. The van der Waals surface area contributed by atoms with Crippen molar-refractivity contribution in [3.8, 4) is 5.75 Å². The number of hydrogen-bond acceptors (Lipinski definition) is 5. The lowest BCUT2D eigenvalue weighted by Gasteiger charge is -2.12. The van der Waals surface area contributed by atoms with Gasteiger partial charge in [0.2, 0.25) is 0 Å². The first-order chi connectivity index (χ1) is 17.2. The van der Waals surface area contributed by atoms with Gasteiger partial charge in [0.15, 0.2) is 5.17 Å². The number of aromatic carboxylic acids is 1. The first-order valence-corrected chi connectivity index (χ1v) is 13.0. The summed E-state index contributed by atoms with van der Waals surface area (Å²) < 4.78 is 21.0. The molecule has 1 amide bonds. The predicted octanol–water partition coefficient (Wildman–Crippen LogP) is 7.17. The summed E-state index contributed by atoms with van der Waals surface area (Å²) in [5.74, 6) is -1.08. The maximum Gasteiger partial charge on any atom is 0.336 e. The Balaban J connectivity index is 1.57. The molecule has 4 rings (SSSR count). The molecule has 0 radical (unpaired) electrons. The third-order valence-corrected chi connectivity index (χ3v) is 7.64. The number of aliphatic imine (C=N–C) groups is 1. The molecule has 1 fully saturated rings. The van der Waals surface area contributed by atoms with Gasteiger partial charge in [0.05, 0.1) is 25.1 Å². The molecule has 1 N–H and O–H groups in total. The average Bonchev–Trinajstić information content (AvgIpc) is 3.08. The molecule has 0 aliphatic carbocycles. The lowest BCUT2D eigenvalue weighted by molar-refractivity contribution is -0.121. The van der Waals surface area contributed by atoms with Gasteiger partial charge in [-0.2, -0.15) is 0 Å². The first-order valence-electron chi connectivity index (χ1n) is 10.6. The Morgan fingerprint density at radius 1 is 1.17 bits per heavy atom. The van der Waals surface area contributed by atoms with E-state index < -0.39 is 5.97 Å². The lowest BCUT2D eigenvalue weighted by atomic mass is 10.1. The number of likely N-dealkylation sites (N-methyl/N-ethyl adjacent to an activating group) is 1. The van der Waals surface area contributed by atoms with E-state index in [1.54, 1.807) is 62.5 Å². The zero-order valence-electron chi connectivity index (χ0n) is 19.1. The predicted molar refractivity (Wildman–Crippen MR) is 146 cm³/mol. The van der Waals surface area contributed by atoms with Crippen LogP contribution in [0.4, 0.5) is 10.1 Å². The largest absolute Gasteiger partial charge is 0.486 e. The second kappa shape index (κ2) is 11.0. The monoisotopic (exact) mass is 632 g/mol. The van der Waals surface area contributed by atoms with E-state index in [4.69, 9.17) is 4.74 Å². The number of thioether (sulfide) groups is 1. The van der Waals surface area contributed by atoms with Gasteiger partial charge >= 0.3 is 5.97 Å². The molecule has 3 aromatic rings. The quantitative estimate of drug-likeness (QED) is 0.291. The van der Waals surface area contributed by atoms with Gasteiger partial charge in [-0.15, -0.1) is 0 Å². The Kier molecular flexibility index (Phi) is 7.97. The number of carbonyl (C=O) groups excluding carboxylic acids is 1. The van der Waals surface area contributed by atoms with Crippen molar-refractivity contribution in [3.63, 3.8) is 0 Å². The van der Waals surface area contributed by atoms with E-state index in [0.717, 1.165) is 5.56 Å². The smallest absolute Gasteiger partial charge is 0.336 e. The van der Waals surface area contributed by atoms with Gasteiger partial charge in [-0.05, 0) is 98.1 Å². The molecule has 10 heteroatoms. The molecule has 1 aliphatic rings. The highest BCUT2D eigenvalue weighted by Gasteiger charge is 2.30. The van der Waals surface area contributed by atoms with Crippen LogP contribution in [0.3, 0.4) is 0 Å². The number of hydrogen-bond donors (Lipinski definition) is 1. The Labute approximate surface area is 228 Å². The molecule has 0 atom stereocenters. The molecule has 36 heavy (non-hydrogen) atoms. The van der Waals surface area contributed by atoms with Gasteiger partial charge in [-0.25, -0.2) is 14.2 Å². The third-order valence-electron chi connectivity index (χ3n) is 5.40. The van der Waals surface area contributed by atoms with Crippen LogP contribution in [-0.2, 0) is 11.4 Å². The van der Waals surface area contributed by atoms with Gasteiger partial charge in [0.1, 0.15) is 18.2 Å². The number of rotatable bonds is 6. The third kappa shape index (κ3) is 5.55. The summed E-state index contributed by atoms with van der Waals surface area (Å²) in [5, 5.41) is 9.80. The highest BCUT2D eigenvalue weighted by Crippen LogP contribution is 2.38. The van der Waals surface area contributed by atoms with Crippen molar-refractivity contribution in [1.82, 2.24) is 4.90 Å². The summed E-state index contributed by atoms with van der Waals surface area (Å²) in [6.07, 6.45) is 1.74. The zero-order chi connectivity index (χ0) is 26.0. The summed E-state index contributed by atoms with van der Waals surface area (Å²) in [5.41, 5.74) is 2.35. The van der Waals surface area contributed by atoms with Crippen molar-refractivity contribution in [2.75, 3.05) is 7.05 Å². The van der Waals surface area contributed by atoms with Crippen molar-refractivity contribution in [2.24, 2.45) is 4.99 Å². The normalized spacial score (nSPS) is 15.7. The van der Waals surface area contributed by atoms with Crippen LogP contribution >= 0.6 is 43.6 Å². The molecule has 6 nitrogen and oxygen atoms in total. The molecular weight excluding hydrogens is 615 g/mol. The van der Waals surface area contributed by atoms with E-state index in [2.05, 4.69) is 36.9 Å². The first kappa shape index (κ1) is 26.1. The molecule has 1 aliphatic heterocycles. The van der Waals surface area contributed by atoms with E-state index in [0.29, 0.717) is 41.6 Å². The van der Waals surface area contributed by atoms with Crippen LogP contribution in [0.5, 0.6) is 5.75 Å². The maximum absolute atomic E-state index is 13.9. The minimum Gasteiger partial charge on any atom is -0.486 e. The molecule has 0 saturated carbocycles. The highest BCUT2D eigenvalue weighted by atomic mass is 79.9. The number of amides is 1. The fourth-order valence-electron chi connectivity index (χ4n) is 3.45. The summed E-state index contributed by atoms with van der Waals surface area (Å²) >= 11 is 8.20. The molecule has 3 aromatic carbocycles. The number of carboxylic acid groups (broad SMARTS) is 1. The van der Waals surface area contributed by atoms with Crippen LogP contribution in [0, 0.1) is 12.7 Å². The fourth-order valence-corrected chi connectivity index (χ4v) is 5.88. The van der Waals surface area contributed by atoms with Crippen LogP contribution < -0.4 is 4.74 Å². The van der Waals surface area contributed by atoms with E-state index >= 15 is 0 Å². The summed E-state index contributed by atoms with van der Waals surface area (Å²) in [4.78, 5) is 30.7. The van der Waals surface area contributed by atoms with Crippen molar-refractivity contribution in [2.45, 2.75) is 13.5 Å². The van der Waals surface area contributed by atoms with Crippen molar-refractivity contribution in [1.29, 1.82) is 0 Å². The molecule has 1 saturated heterocycles. The number of amidine groups is 1. The Bertz CT molecular complexity index is 1420. The SMILES string of the molecule is Cc1c(N=C2S/C(=C\c3cc(Br)c(OCc4ccccc4F)c(Br)c3)C(=O)N2C)cccc1C(=O)O. The number of nitrogens with zero attached hydrogens (tertiary/aromatic N) is 2. The van der Waals surface area contributed by atoms with Crippen molar-refractivity contribution >= 4 is 72.4 Å². The average molecular weight is 634 g/mol. The summed E-state index contributed by atoms with van der Waals surface area (Å²) in [7, 11) is 1.62. The summed E-state index contributed by atoms with van der Waals surface area (Å²) in [6, 6.07) is 14.9. The number of carboxylic acids is 1. The lowest BCUT2D eigenvalue weighted by Crippen LogP contribution is -2.23. The Hall–Kier alpha value is -2.95. The fraction of sp³-hybridized carbons (Fsp3) is 0.115. The number of benzene rings is 3. The van der Waals surface area contributed by atoms with Gasteiger partial charge < -0.3 is 9.84 Å². The maximum atomic E-state index is 13.9. The van der Waals surface area contributed by atoms with E-state index in [1.165, 1.54) is 28.8 Å². The van der Waals surface area contributed by atoms with Gasteiger partial charge in [-0.3, -0.25) is 9.69 Å². The van der Waals surface area contributed by atoms with Crippen LogP contribution in [0.15, 0.2) is 73.4 Å². The van der Waals surface area contributed by atoms with Gasteiger partial charge in [-0.1, -0.05) is 24.3 Å². The minimum absolute atomic E-state index is 0.0613. The molecule has 0 bridgehead atoms. The summed E-state index contributed by atoms with van der Waals surface area (Å²) in [6.45, 7) is 1.75. The van der Waals surface area contributed by atoms with Crippen LogP contribution in [0.1, 0.15) is 27.0 Å². The topological polar surface area (TPSA) is 79.2 Å². The number of ether oxygens (including phenoxy) is 1. The molecule has 0 spiro atoms. The number of halogens is 3. The molecule has 0 aromatic heterocycles. The zero-order valence-corrected chi connectivity index (χ0v) is 23.1. The molecule has 1 heterocycles. The van der Waals surface area contributed by atoms with Crippen molar-refractivity contribution in [3.05, 3.63) is 96.5 Å². The van der Waals surface area contributed by atoms with Crippen LogP contribution in [-0.4, -0.2) is 34.1 Å². The molecule has 184 valence electrons. The van der Waals surface area contributed by atoms with Crippen LogP contribution in [0.2, 0.25) is 0 Å². The second-order valence-electron chi connectivity index (χ2n) is 7.82. The van der Waals surface area contributed by atoms with E-state index in [9.17, 15) is 19.1 Å². The van der Waals surface area contributed by atoms with E-state index in [-0.39, 0.29) is 23.9 Å². The second-order valence-corrected chi connectivity index (χ2v) is 10.5. The van der Waals surface area contributed by atoms with Gasteiger partial charge in [0, 0.05) is 12.6 Å². The van der Waals surface area contributed by atoms with Crippen molar-refractivity contribution < 1.29 is 23.8 Å². The van der Waals surface area contributed by atoms with E-state index in [1.807, 2.05) is 0 Å². The van der Waals surface area contributed by atoms with Crippen LogP contribution in [0.25, 0.3) is 6.08 Å². The Morgan fingerprint density at radius 2 is 1.86 bits per heavy atom. The molecule has 0 unspecified atom stereocenters. The Morgan fingerprint density at radius 3 is 2.53 bits per heavy atom.